The molecule has 4 rings (SSSR count). The smallest absolute Gasteiger partial charge is 0.137 e. The van der Waals surface area contributed by atoms with Gasteiger partial charge in [-0.15, -0.1) is 0 Å². The molecule has 1 fully saturated rings. The number of hydrogen-bond acceptors (Lipinski definition) is 3. The zero-order valence-corrected chi connectivity index (χ0v) is 14.5. The fraction of sp³-hybridized carbons (Fsp3) is 0.474. The van der Waals surface area contributed by atoms with Gasteiger partial charge in [0.15, 0.2) is 0 Å². The Morgan fingerprint density at radius 1 is 1.17 bits per heavy atom. The van der Waals surface area contributed by atoms with Crippen LogP contribution in [0.25, 0.3) is 5.65 Å². The molecule has 0 N–H and O–H groups in total. The van der Waals surface area contributed by atoms with Crippen LogP contribution >= 0.6 is 0 Å². The van der Waals surface area contributed by atoms with Gasteiger partial charge in [-0.1, -0.05) is 6.07 Å². The Bertz CT molecular complexity index is 790. The molecule has 0 atom stereocenters. The van der Waals surface area contributed by atoms with E-state index in [1.807, 2.05) is 12.1 Å². The lowest BCUT2D eigenvalue weighted by atomic mass is 9.96. The van der Waals surface area contributed by atoms with Crippen molar-refractivity contribution in [3.05, 3.63) is 53.7 Å². The van der Waals surface area contributed by atoms with Crippen LogP contribution in [0, 0.1) is 19.8 Å². The van der Waals surface area contributed by atoms with E-state index in [9.17, 15) is 0 Å². The highest BCUT2D eigenvalue weighted by Crippen LogP contribution is 2.21. The number of aryl methyl sites for hydroxylation is 2. The van der Waals surface area contributed by atoms with Crippen LogP contribution in [0.3, 0.4) is 0 Å². The normalized spacial score (nSPS) is 16.9. The minimum Gasteiger partial charge on any atom is -0.307 e. The molecular formula is C19H25N5. The largest absolute Gasteiger partial charge is 0.307 e. The topological polar surface area (TPSA) is 38.4 Å². The first-order valence-electron chi connectivity index (χ1n) is 8.83. The number of nitrogens with zero attached hydrogens (tertiary/aromatic N) is 5. The first-order valence-corrected chi connectivity index (χ1v) is 8.83. The Balaban J connectivity index is 1.33. The van der Waals surface area contributed by atoms with E-state index in [-0.39, 0.29) is 0 Å². The summed E-state index contributed by atoms with van der Waals surface area (Å²) in [6, 6.07) is 8.31. The maximum Gasteiger partial charge on any atom is 0.137 e. The maximum absolute atomic E-state index is 4.72. The van der Waals surface area contributed by atoms with Crippen LogP contribution in [0.2, 0.25) is 0 Å². The molecule has 5 nitrogen and oxygen atoms in total. The highest BCUT2D eigenvalue weighted by atomic mass is 15.3. The van der Waals surface area contributed by atoms with Crippen molar-refractivity contribution >= 4 is 5.65 Å². The summed E-state index contributed by atoms with van der Waals surface area (Å²) in [5, 5.41) is 4.61. The van der Waals surface area contributed by atoms with E-state index in [0.29, 0.717) is 0 Å². The van der Waals surface area contributed by atoms with Crippen molar-refractivity contribution in [2.45, 2.75) is 39.8 Å². The fourth-order valence-corrected chi connectivity index (χ4v) is 3.72. The predicted molar refractivity (Wildman–Crippen MR) is 94.9 cm³/mol. The summed E-state index contributed by atoms with van der Waals surface area (Å²) in [4.78, 5) is 7.24. The lowest BCUT2D eigenvalue weighted by Crippen LogP contribution is -2.34. The van der Waals surface area contributed by atoms with Gasteiger partial charge in [0.05, 0.1) is 11.4 Å². The Morgan fingerprint density at radius 2 is 2.00 bits per heavy atom. The molecule has 0 saturated carbocycles. The van der Waals surface area contributed by atoms with Crippen molar-refractivity contribution in [2.24, 2.45) is 5.92 Å². The number of likely N-dealkylation sites (tertiary alicyclic amines) is 1. The van der Waals surface area contributed by atoms with E-state index in [2.05, 4.69) is 57.5 Å². The summed E-state index contributed by atoms with van der Waals surface area (Å²) in [5.41, 5.74) is 4.60. The molecular weight excluding hydrogens is 298 g/mol. The first-order chi connectivity index (χ1) is 11.7. The lowest BCUT2D eigenvalue weighted by molar-refractivity contribution is 0.163. The lowest BCUT2D eigenvalue weighted by Gasteiger charge is -2.31. The molecule has 1 aliphatic heterocycles. The minimum absolute atomic E-state index is 0.736. The zero-order chi connectivity index (χ0) is 16.5. The number of imidazole rings is 1. The van der Waals surface area contributed by atoms with Gasteiger partial charge >= 0.3 is 0 Å². The van der Waals surface area contributed by atoms with Crippen molar-refractivity contribution in [3.8, 4) is 0 Å². The average molecular weight is 323 g/mol. The molecule has 1 aliphatic rings. The second-order valence-electron chi connectivity index (χ2n) is 7.03. The fourth-order valence-electron chi connectivity index (χ4n) is 3.72. The molecule has 0 bridgehead atoms. The SMILES string of the molecule is Cc1cc(C)n(CC2CCN(Cc3cn4ccccc4n3)CC2)n1. The number of pyridine rings is 1. The van der Waals surface area contributed by atoms with E-state index in [1.54, 1.807) is 0 Å². The Morgan fingerprint density at radius 3 is 2.71 bits per heavy atom. The quantitative estimate of drug-likeness (QED) is 0.741. The van der Waals surface area contributed by atoms with Crippen LogP contribution in [0.15, 0.2) is 36.7 Å². The van der Waals surface area contributed by atoms with Gasteiger partial charge in [-0.05, 0) is 63.9 Å². The third-order valence-electron chi connectivity index (χ3n) is 5.04. The van der Waals surface area contributed by atoms with Gasteiger partial charge in [0.1, 0.15) is 5.65 Å². The van der Waals surface area contributed by atoms with Crippen LogP contribution in [0.1, 0.15) is 29.9 Å². The van der Waals surface area contributed by atoms with E-state index in [1.165, 1.54) is 18.5 Å². The predicted octanol–water partition coefficient (Wildman–Crippen LogP) is 3.06. The molecule has 4 heterocycles. The van der Waals surface area contributed by atoms with Gasteiger partial charge in [-0.2, -0.15) is 5.10 Å². The molecule has 3 aromatic rings. The van der Waals surface area contributed by atoms with Crippen LogP contribution in [-0.4, -0.2) is 37.2 Å². The van der Waals surface area contributed by atoms with Crippen LogP contribution < -0.4 is 0 Å². The molecule has 0 spiro atoms. The van der Waals surface area contributed by atoms with Gasteiger partial charge in [-0.25, -0.2) is 4.98 Å². The molecule has 126 valence electrons. The molecule has 0 aliphatic carbocycles. The van der Waals surface area contributed by atoms with Gasteiger partial charge in [0.25, 0.3) is 0 Å². The summed E-state index contributed by atoms with van der Waals surface area (Å²) in [5.74, 6) is 0.736. The third-order valence-corrected chi connectivity index (χ3v) is 5.04. The third kappa shape index (κ3) is 3.22. The number of fused-ring (bicyclic) bond motifs is 1. The zero-order valence-electron chi connectivity index (χ0n) is 14.5. The monoisotopic (exact) mass is 323 g/mol. The van der Waals surface area contributed by atoms with E-state index < -0.39 is 0 Å². The second-order valence-corrected chi connectivity index (χ2v) is 7.03. The summed E-state index contributed by atoms with van der Waals surface area (Å²) in [7, 11) is 0. The van der Waals surface area contributed by atoms with E-state index in [0.717, 1.165) is 49.1 Å². The van der Waals surface area contributed by atoms with Crippen molar-refractivity contribution < 1.29 is 0 Å². The van der Waals surface area contributed by atoms with Gasteiger partial charge in [0.2, 0.25) is 0 Å². The van der Waals surface area contributed by atoms with Gasteiger partial charge < -0.3 is 4.40 Å². The van der Waals surface area contributed by atoms with Crippen molar-refractivity contribution in [1.29, 1.82) is 0 Å². The number of aromatic nitrogens is 4. The molecule has 0 unspecified atom stereocenters. The van der Waals surface area contributed by atoms with Crippen molar-refractivity contribution in [3.63, 3.8) is 0 Å². The summed E-state index contributed by atoms with van der Waals surface area (Å²) < 4.78 is 4.28. The van der Waals surface area contributed by atoms with Gasteiger partial charge in [0, 0.05) is 31.2 Å². The molecule has 0 amide bonds. The average Bonchev–Trinajstić information content (AvgIpc) is 3.11. The Kier molecular flexibility index (Phi) is 4.10. The van der Waals surface area contributed by atoms with Crippen LogP contribution in [-0.2, 0) is 13.1 Å². The van der Waals surface area contributed by atoms with Crippen molar-refractivity contribution in [1.82, 2.24) is 24.1 Å². The molecule has 3 aromatic heterocycles. The van der Waals surface area contributed by atoms with Crippen LogP contribution in [0.4, 0.5) is 0 Å². The van der Waals surface area contributed by atoms with Gasteiger partial charge in [-0.3, -0.25) is 9.58 Å². The molecule has 0 aromatic carbocycles. The standard InChI is InChI=1S/C19H25N5/c1-15-11-16(2)24(21-15)12-17-6-9-22(10-7-17)13-18-14-23-8-4-3-5-19(23)20-18/h3-5,8,11,14,17H,6-7,9-10,12-13H2,1-2H3. The highest BCUT2D eigenvalue weighted by molar-refractivity contribution is 5.39. The second kappa shape index (κ2) is 6.40. The summed E-state index contributed by atoms with van der Waals surface area (Å²) in [6.07, 6.45) is 6.70. The van der Waals surface area contributed by atoms with E-state index in [4.69, 9.17) is 4.98 Å². The number of hydrogen-bond donors (Lipinski definition) is 0. The highest BCUT2D eigenvalue weighted by Gasteiger charge is 2.21. The molecule has 0 radical (unpaired) electrons. The summed E-state index contributed by atoms with van der Waals surface area (Å²) in [6.45, 7) is 8.53. The molecule has 5 heteroatoms. The molecule has 24 heavy (non-hydrogen) atoms. The van der Waals surface area contributed by atoms with E-state index >= 15 is 0 Å². The Hall–Kier alpha value is -2.14. The van der Waals surface area contributed by atoms with Crippen molar-refractivity contribution in [2.75, 3.05) is 13.1 Å². The molecule has 1 saturated heterocycles. The number of rotatable bonds is 4. The Labute approximate surface area is 142 Å². The summed E-state index contributed by atoms with van der Waals surface area (Å²) >= 11 is 0. The maximum atomic E-state index is 4.72. The minimum atomic E-state index is 0.736. The van der Waals surface area contributed by atoms with Crippen LogP contribution in [0.5, 0.6) is 0 Å². The number of piperidine rings is 1. The first kappa shape index (κ1) is 15.4.